The fourth-order valence-electron chi connectivity index (χ4n) is 6.42. The normalized spacial score (nSPS) is 13.0. The first-order valence-electron chi connectivity index (χ1n) is 17.5. The molecule has 284 valence electrons. The summed E-state index contributed by atoms with van der Waals surface area (Å²) in [6.07, 6.45) is 0. The maximum absolute atomic E-state index is 13.8. The third-order valence-corrected chi connectivity index (χ3v) is 11.6. The lowest BCUT2D eigenvalue weighted by molar-refractivity contribution is -0.384. The summed E-state index contributed by atoms with van der Waals surface area (Å²) in [5.74, 6) is 0.0503. The minimum Gasteiger partial charge on any atom is -0.508 e. The summed E-state index contributed by atoms with van der Waals surface area (Å²) in [4.78, 5) is 42.1. The van der Waals surface area contributed by atoms with Gasteiger partial charge in [-0.25, -0.2) is 13.1 Å². The van der Waals surface area contributed by atoms with E-state index in [0.717, 1.165) is 32.9 Å². The number of thioether (sulfide) groups is 1. The number of hydrogen-bond acceptors (Lipinski definition) is 12. The van der Waals surface area contributed by atoms with E-state index in [9.17, 15) is 33.2 Å². The molecule has 0 radical (unpaired) electrons. The maximum atomic E-state index is 13.8. The van der Waals surface area contributed by atoms with Gasteiger partial charge in [-0.05, 0) is 76.5 Å². The number of nitro groups is 1. The van der Waals surface area contributed by atoms with Crippen molar-refractivity contribution in [2.75, 3.05) is 48.7 Å². The van der Waals surface area contributed by atoms with E-state index in [1.165, 1.54) is 18.2 Å². The monoisotopic (exact) mass is 789 g/mol. The summed E-state index contributed by atoms with van der Waals surface area (Å²) < 4.78 is 28.1. The molecule has 7 rings (SSSR count). The molecular weight excluding hydrogens is 755 g/mol. The molecule has 2 amide bonds. The molecule has 2 heterocycles. The fourth-order valence-corrected chi connectivity index (χ4v) is 8.19. The van der Waals surface area contributed by atoms with E-state index in [1.54, 1.807) is 40.9 Å². The third kappa shape index (κ3) is 8.40. The van der Waals surface area contributed by atoms with Crippen LogP contribution in [0.5, 0.6) is 5.75 Å². The largest absolute Gasteiger partial charge is 0.508 e. The van der Waals surface area contributed by atoms with Gasteiger partial charge in [0.25, 0.3) is 27.5 Å². The van der Waals surface area contributed by atoms with E-state index in [1.807, 2.05) is 82.4 Å². The number of nitrogens with one attached hydrogen (secondary N) is 2. The number of piperazine rings is 1. The molecule has 1 fully saturated rings. The second kappa shape index (κ2) is 16.5. The zero-order chi connectivity index (χ0) is 39.2. The van der Waals surface area contributed by atoms with Gasteiger partial charge in [0.05, 0.1) is 9.82 Å². The van der Waals surface area contributed by atoms with Crippen LogP contribution in [0.3, 0.4) is 0 Å². The number of carbonyl (C=O) groups is 2. The first-order chi connectivity index (χ1) is 27.1. The van der Waals surface area contributed by atoms with Crippen molar-refractivity contribution in [2.24, 2.45) is 0 Å². The summed E-state index contributed by atoms with van der Waals surface area (Å²) in [5.41, 5.74) is 1.74. The van der Waals surface area contributed by atoms with Crippen LogP contribution in [-0.2, 0) is 10.0 Å². The number of fused-ring (bicyclic) bond motifs is 1. The molecule has 16 heteroatoms. The summed E-state index contributed by atoms with van der Waals surface area (Å²) in [7, 11) is -4.50. The number of aromatic nitrogens is 2. The highest BCUT2D eigenvalue weighted by atomic mass is 32.2. The first-order valence-corrected chi connectivity index (χ1v) is 20.0. The molecule has 0 aliphatic carbocycles. The Labute approximate surface area is 326 Å². The summed E-state index contributed by atoms with van der Waals surface area (Å²) in [5, 5.41) is 34.6. The minimum atomic E-state index is -4.50. The predicted octanol–water partition coefficient (Wildman–Crippen LogP) is 6.20. The first kappa shape index (κ1) is 37.8. The molecule has 1 aliphatic heterocycles. The van der Waals surface area contributed by atoms with Gasteiger partial charge in [-0.1, -0.05) is 60.7 Å². The highest BCUT2D eigenvalue weighted by Gasteiger charge is 2.27. The Morgan fingerprint density at radius 2 is 1.57 bits per heavy atom. The Morgan fingerprint density at radius 1 is 0.821 bits per heavy atom. The summed E-state index contributed by atoms with van der Waals surface area (Å²) >= 11 is 1.57. The van der Waals surface area contributed by atoms with E-state index < -0.39 is 31.4 Å². The summed E-state index contributed by atoms with van der Waals surface area (Å²) in [6.45, 7) is 2.07. The standard InChI is InChI=1S/C40H35N7O7S2/c48-28-8-6-7-27(25-28)31-14-15-34(33-12-5-4-11-32(31)33)40(50)46-22-20-45(21-23-46)38-18-17-36(42-43-38)39(49)44-56(53,54)30-13-16-35(37(26-30)47(51)52)41-19-24-55-29-9-2-1-3-10-29/h1-18,25-26,41,48H,19-24H2,(H,44,49). The third-order valence-electron chi connectivity index (χ3n) is 9.22. The molecule has 3 N–H and O–H groups in total. The molecule has 1 aliphatic rings. The quantitative estimate of drug-likeness (QED) is 0.0553. The lowest BCUT2D eigenvalue weighted by Crippen LogP contribution is -2.49. The molecule has 1 aromatic heterocycles. The van der Waals surface area contributed by atoms with Gasteiger partial charge in [-0.3, -0.25) is 19.7 Å². The Morgan fingerprint density at radius 3 is 2.29 bits per heavy atom. The van der Waals surface area contributed by atoms with Gasteiger partial charge in [0.15, 0.2) is 11.5 Å². The van der Waals surface area contributed by atoms with E-state index in [0.29, 0.717) is 49.9 Å². The van der Waals surface area contributed by atoms with E-state index >= 15 is 0 Å². The van der Waals surface area contributed by atoms with Crippen molar-refractivity contribution < 1.29 is 28.0 Å². The minimum absolute atomic E-state index is 0.114. The molecule has 0 bridgehead atoms. The molecule has 5 aromatic carbocycles. The highest BCUT2D eigenvalue weighted by Crippen LogP contribution is 2.33. The molecule has 0 spiro atoms. The van der Waals surface area contributed by atoms with Gasteiger partial charge in [0, 0.05) is 55.0 Å². The van der Waals surface area contributed by atoms with Crippen molar-refractivity contribution in [3.8, 4) is 16.9 Å². The van der Waals surface area contributed by atoms with Gasteiger partial charge in [0.2, 0.25) is 0 Å². The predicted molar refractivity (Wildman–Crippen MR) is 215 cm³/mol. The maximum Gasteiger partial charge on any atom is 0.293 e. The van der Waals surface area contributed by atoms with Crippen molar-refractivity contribution in [3.63, 3.8) is 0 Å². The number of hydrogen-bond donors (Lipinski definition) is 3. The lowest BCUT2D eigenvalue weighted by atomic mass is 9.94. The molecule has 0 atom stereocenters. The molecule has 56 heavy (non-hydrogen) atoms. The van der Waals surface area contributed by atoms with Crippen LogP contribution < -0.4 is 14.9 Å². The summed E-state index contributed by atoms with van der Waals surface area (Å²) in [6, 6.07) is 34.3. The number of rotatable bonds is 12. The number of phenols is 1. The number of sulfonamides is 1. The fraction of sp³-hybridized carbons (Fsp3) is 0.150. The lowest BCUT2D eigenvalue weighted by Gasteiger charge is -2.35. The van der Waals surface area contributed by atoms with Crippen molar-refractivity contribution in [2.45, 2.75) is 9.79 Å². The highest BCUT2D eigenvalue weighted by molar-refractivity contribution is 7.99. The van der Waals surface area contributed by atoms with Crippen LogP contribution in [0.25, 0.3) is 21.9 Å². The second-order valence-corrected chi connectivity index (χ2v) is 15.6. The van der Waals surface area contributed by atoms with Crippen LogP contribution in [0.2, 0.25) is 0 Å². The average molecular weight is 790 g/mol. The van der Waals surface area contributed by atoms with Crippen LogP contribution in [0.4, 0.5) is 17.2 Å². The average Bonchev–Trinajstić information content (AvgIpc) is 3.22. The number of nitrogens with zero attached hydrogens (tertiary/aromatic N) is 5. The van der Waals surface area contributed by atoms with E-state index in [2.05, 4.69) is 15.5 Å². The molecule has 14 nitrogen and oxygen atoms in total. The van der Waals surface area contributed by atoms with Crippen molar-refractivity contribution in [1.29, 1.82) is 0 Å². The smallest absolute Gasteiger partial charge is 0.293 e. The van der Waals surface area contributed by atoms with E-state index in [-0.39, 0.29) is 23.0 Å². The van der Waals surface area contributed by atoms with Crippen molar-refractivity contribution in [3.05, 3.63) is 143 Å². The van der Waals surface area contributed by atoms with Gasteiger partial charge in [-0.2, -0.15) is 0 Å². The Kier molecular flexibility index (Phi) is 11.1. The number of anilines is 2. The van der Waals surface area contributed by atoms with Crippen molar-refractivity contribution in [1.82, 2.24) is 19.8 Å². The zero-order valence-corrected chi connectivity index (χ0v) is 31.4. The Balaban J connectivity index is 0.957. The number of benzene rings is 5. The molecule has 0 unspecified atom stereocenters. The van der Waals surface area contributed by atoms with Crippen LogP contribution in [-0.4, -0.2) is 83.8 Å². The van der Waals surface area contributed by atoms with Gasteiger partial charge in [-0.15, -0.1) is 22.0 Å². The molecular formula is C40H35N7O7S2. The molecule has 1 saturated heterocycles. The number of carbonyl (C=O) groups excluding carboxylic acids is 2. The number of amides is 2. The van der Waals surface area contributed by atoms with Gasteiger partial charge >= 0.3 is 0 Å². The molecule has 0 saturated carbocycles. The zero-order valence-electron chi connectivity index (χ0n) is 29.7. The van der Waals surface area contributed by atoms with Gasteiger partial charge < -0.3 is 20.2 Å². The van der Waals surface area contributed by atoms with Gasteiger partial charge in [0.1, 0.15) is 11.4 Å². The Hall–Kier alpha value is -6.52. The number of aromatic hydroxyl groups is 1. The van der Waals surface area contributed by atoms with Crippen LogP contribution >= 0.6 is 11.8 Å². The van der Waals surface area contributed by atoms with E-state index in [4.69, 9.17) is 0 Å². The second-order valence-electron chi connectivity index (χ2n) is 12.8. The van der Waals surface area contributed by atoms with Crippen LogP contribution in [0.15, 0.2) is 131 Å². The van der Waals surface area contributed by atoms with Crippen LogP contribution in [0.1, 0.15) is 20.8 Å². The van der Waals surface area contributed by atoms with Crippen molar-refractivity contribution >= 4 is 61.6 Å². The number of nitro benzene ring substituents is 1. The SMILES string of the molecule is O=C(NS(=O)(=O)c1ccc(NCCSc2ccccc2)c([N+](=O)[O-])c1)c1ccc(N2CCN(C(=O)c3ccc(-c4cccc(O)c4)c4ccccc34)CC2)nn1. The topological polar surface area (TPSA) is 188 Å². The Bertz CT molecular complexity index is 2530. The number of phenolic OH excluding ortho intramolecular Hbond substituents is 1. The van der Waals surface area contributed by atoms with Crippen LogP contribution in [0, 0.1) is 10.1 Å². The molecule has 6 aromatic rings.